The Kier molecular flexibility index (Phi) is 5.48. The molecule has 96 valence electrons. The topological polar surface area (TPSA) is 67.0 Å². The van der Waals surface area contributed by atoms with Gasteiger partial charge in [0.05, 0.1) is 5.69 Å². The number of rotatable bonds is 3. The molecule has 1 rings (SSSR count). The first-order valence-corrected chi connectivity index (χ1v) is 7.30. The largest absolute Gasteiger partial charge is 0.444 e. The van der Waals surface area contributed by atoms with Gasteiger partial charge in [-0.15, -0.1) is 0 Å². The van der Waals surface area contributed by atoms with Crippen LogP contribution < -0.4 is 5.32 Å². The Bertz CT molecular complexity index is 399. The van der Waals surface area contributed by atoms with Crippen molar-refractivity contribution >= 4 is 51.3 Å². The SMILES string of the molecule is CC(C)(C)OC(=O)NCCc1[nH]c(I)nc1I. The van der Waals surface area contributed by atoms with Crippen molar-refractivity contribution in [3.05, 3.63) is 13.2 Å². The number of halogens is 2. The summed E-state index contributed by atoms with van der Waals surface area (Å²) in [4.78, 5) is 18.8. The zero-order valence-electron chi connectivity index (χ0n) is 9.93. The first kappa shape index (κ1) is 15.0. The first-order valence-electron chi connectivity index (χ1n) is 5.14. The van der Waals surface area contributed by atoms with E-state index in [2.05, 4.69) is 60.5 Å². The predicted octanol–water partition coefficient (Wildman–Crippen LogP) is 2.69. The number of carbonyl (C=O) groups excluding carboxylic acids is 1. The number of nitrogens with one attached hydrogen (secondary N) is 2. The van der Waals surface area contributed by atoms with Crippen molar-refractivity contribution in [3.8, 4) is 0 Å². The fraction of sp³-hybridized carbons (Fsp3) is 0.600. The summed E-state index contributed by atoms with van der Waals surface area (Å²) in [7, 11) is 0. The predicted molar refractivity (Wildman–Crippen MR) is 82.0 cm³/mol. The number of H-pyrrole nitrogens is 1. The van der Waals surface area contributed by atoms with Gasteiger partial charge in [-0.2, -0.15) is 0 Å². The average molecular weight is 463 g/mol. The highest BCUT2D eigenvalue weighted by molar-refractivity contribution is 14.1. The summed E-state index contributed by atoms with van der Waals surface area (Å²) in [5.74, 6) is 0. The Morgan fingerprint density at radius 3 is 2.59 bits per heavy atom. The van der Waals surface area contributed by atoms with Crippen molar-refractivity contribution < 1.29 is 9.53 Å². The molecule has 1 aromatic rings. The highest BCUT2D eigenvalue weighted by atomic mass is 127. The van der Waals surface area contributed by atoms with E-state index >= 15 is 0 Å². The Morgan fingerprint density at radius 2 is 2.12 bits per heavy atom. The molecule has 17 heavy (non-hydrogen) atoms. The van der Waals surface area contributed by atoms with Crippen molar-refractivity contribution in [2.45, 2.75) is 32.8 Å². The van der Waals surface area contributed by atoms with Crippen molar-refractivity contribution in [3.63, 3.8) is 0 Å². The maximum atomic E-state index is 11.4. The smallest absolute Gasteiger partial charge is 0.407 e. The Labute approximate surface area is 128 Å². The molecule has 1 amide bonds. The monoisotopic (exact) mass is 463 g/mol. The minimum atomic E-state index is -0.456. The van der Waals surface area contributed by atoms with E-state index in [1.807, 2.05) is 20.8 Å². The molecule has 0 aromatic carbocycles. The van der Waals surface area contributed by atoms with Gasteiger partial charge < -0.3 is 15.0 Å². The van der Waals surface area contributed by atoms with E-state index in [9.17, 15) is 4.79 Å². The molecule has 0 atom stereocenters. The third kappa shape index (κ3) is 5.89. The van der Waals surface area contributed by atoms with Gasteiger partial charge in [-0.1, -0.05) is 0 Å². The normalized spacial score (nSPS) is 11.4. The van der Waals surface area contributed by atoms with Crippen molar-refractivity contribution in [2.24, 2.45) is 0 Å². The number of carbonyl (C=O) groups is 1. The van der Waals surface area contributed by atoms with Crippen LogP contribution in [0.5, 0.6) is 0 Å². The van der Waals surface area contributed by atoms with Crippen LogP contribution in [0.2, 0.25) is 0 Å². The van der Waals surface area contributed by atoms with Gasteiger partial charge in [0.25, 0.3) is 0 Å². The lowest BCUT2D eigenvalue weighted by molar-refractivity contribution is 0.0528. The van der Waals surface area contributed by atoms with Crippen molar-refractivity contribution in [1.82, 2.24) is 15.3 Å². The summed E-state index contributed by atoms with van der Waals surface area (Å²) in [6, 6.07) is 0. The number of aromatic amines is 1. The van der Waals surface area contributed by atoms with Gasteiger partial charge in [-0.05, 0) is 66.0 Å². The van der Waals surface area contributed by atoms with Crippen LogP contribution in [0.4, 0.5) is 4.79 Å². The standard InChI is InChI=1S/C10H15I2N3O2/c1-10(2,3)17-9(16)13-5-4-6-7(11)15-8(12)14-6/h4-5H2,1-3H3,(H,13,16)(H,14,15). The Balaban J connectivity index is 2.33. The second kappa shape index (κ2) is 6.21. The second-order valence-corrected chi connectivity index (χ2v) is 6.52. The number of hydrogen-bond acceptors (Lipinski definition) is 3. The van der Waals surface area contributed by atoms with E-state index in [1.165, 1.54) is 0 Å². The number of nitrogens with zero attached hydrogens (tertiary/aromatic N) is 1. The maximum absolute atomic E-state index is 11.4. The molecule has 0 spiro atoms. The summed E-state index contributed by atoms with van der Waals surface area (Å²) < 4.78 is 6.93. The molecule has 0 aliphatic rings. The lowest BCUT2D eigenvalue weighted by atomic mass is 10.2. The Morgan fingerprint density at radius 1 is 1.47 bits per heavy atom. The zero-order chi connectivity index (χ0) is 13.1. The van der Waals surface area contributed by atoms with E-state index in [0.717, 1.165) is 13.2 Å². The van der Waals surface area contributed by atoms with Gasteiger partial charge >= 0.3 is 6.09 Å². The first-order chi connectivity index (χ1) is 7.78. The quantitative estimate of drug-likeness (QED) is 0.678. The van der Waals surface area contributed by atoms with E-state index in [4.69, 9.17) is 4.74 Å². The number of alkyl carbamates (subject to hydrolysis) is 1. The second-order valence-electron chi connectivity index (χ2n) is 4.48. The maximum Gasteiger partial charge on any atom is 0.407 e. The molecule has 5 nitrogen and oxygen atoms in total. The van der Waals surface area contributed by atoms with Gasteiger partial charge in [0, 0.05) is 13.0 Å². The van der Waals surface area contributed by atoms with Crippen LogP contribution in [0.25, 0.3) is 0 Å². The van der Waals surface area contributed by atoms with Crippen LogP contribution >= 0.6 is 45.2 Å². The van der Waals surface area contributed by atoms with Crippen molar-refractivity contribution in [1.29, 1.82) is 0 Å². The molecule has 1 aromatic heterocycles. The van der Waals surface area contributed by atoms with Gasteiger partial charge in [-0.3, -0.25) is 0 Å². The molecule has 0 saturated heterocycles. The molecule has 0 saturated carbocycles. The summed E-state index contributed by atoms with van der Waals surface area (Å²) in [6.07, 6.45) is 0.328. The molecule has 0 bridgehead atoms. The number of ether oxygens (including phenoxy) is 1. The molecular formula is C10H15I2N3O2. The fourth-order valence-corrected chi connectivity index (χ4v) is 2.80. The minimum Gasteiger partial charge on any atom is -0.444 e. The number of imidazole rings is 1. The number of amides is 1. The molecular weight excluding hydrogens is 448 g/mol. The summed E-state index contributed by atoms with van der Waals surface area (Å²) >= 11 is 4.30. The molecule has 0 aliphatic carbocycles. The van der Waals surface area contributed by atoms with Gasteiger partial charge in [0.15, 0.2) is 3.83 Å². The van der Waals surface area contributed by atoms with Crippen LogP contribution in [0.1, 0.15) is 26.5 Å². The molecule has 7 heteroatoms. The highest BCUT2D eigenvalue weighted by Crippen LogP contribution is 2.11. The molecule has 0 radical (unpaired) electrons. The third-order valence-electron chi connectivity index (χ3n) is 1.74. The number of hydrogen-bond donors (Lipinski definition) is 2. The third-order valence-corrected chi connectivity index (χ3v) is 3.15. The van der Waals surface area contributed by atoms with E-state index in [1.54, 1.807) is 0 Å². The van der Waals surface area contributed by atoms with Crippen LogP contribution in [-0.2, 0) is 11.2 Å². The number of aromatic nitrogens is 2. The minimum absolute atomic E-state index is 0.387. The van der Waals surface area contributed by atoms with Crippen molar-refractivity contribution in [2.75, 3.05) is 6.54 Å². The zero-order valence-corrected chi connectivity index (χ0v) is 14.2. The summed E-state index contributed by atoms with van der Waals surface area (Å²) in [6.45, 7) is 6.05. The molecule has 0 aliphatic heterocycles. The van der Waals surface area contributed by atoms with E-state index < -0.39 is 5.60 Å². The fourth-order valence-electron chi connectivity index (χ4n) is 1.13. The highest BCUT2D eigenvalue weighted by Gasteiger charge is 2.15. The van der Waals surface area contributed by atoms with Gasteiger partial charge in [0.1, 0.15) is 9.30 Å². The lowest BCUT2D eigenvalue weighted by Gasteiger charge is -2.19. The van der Waals surface area contributed by atoms with Crippen LogP contribution in [0, 0.1) is 7.53 Å². The van der Waals surface area contributed by atoms with Gasteiger partial charge in [-0.25, -0.2) is 9.78 Å². The molecule has 1 heterocycles. The average Bonchev–Trinajstić information content (AvgIpc) is 2.42. The van der Waals surface area contributed by atoms with E-state index in [0.29, 0.717) is 13.0 Å². The molecule has 2 N–H and O–H groups in total. The van der Waals surface area contributed by atoms with Crippen LogP contribution in [0.3, 0.4) is 0 Å². The van der Waals surface area contributed by atoms with Crippen LogP contribution in [-0.4, -0.2) is 28.2 Å². The molecule has 0 fully saturated rings. The lowest BCUT2D eigenvalue weighted by Crippen LogP contribution is -2.33. The Hall–Kier alpha value is -0.0600. The summed E-state index contributed by atoms with van der Waals surface area (Å²) in [5.41, 5.74) is 0.577. The summed E-state index contributed by atoms with van der Waals surface area (Å²) in [5, 5.41) is 2.71. The molecule has 0 unspecified atom stereocenters. The van der Waals surface area contributed by atoms with Crippen LogP contribution in [0.15, 0.2) is 0 Å². The van der Waals surface area contributed by atoms with Gasteiger partial charge in [0.2, 0.25) is 0 Å². The van der Waals surface area contributed by atoms with E-state index in [-0.39, 0.29) is 6.09 Å².